The molecule has 0 radical (unpaired) electrons. The van der Waals surface area contributed by atoms with Gasteiger partial charge in [-0.3, -0.25) is 4.79 Å². The molecule has 0 fully saturated rings. The minimum absolute atomic E-state index is 0.168. The molecule has 1 aromatic heterocycles. The number of hydrogen-bond donors (Lipinski definition) is 0. The van der Waals surface area contributed by atoms with Crippen molar-refractivity contribution in [1.29, 1.82) is 0 Å². The van der Waals surface area contributed by atoms with Gasteiger partial charge in [0.15, 0.2) is 0 Å². The Bertz CT molecular complexity index is 841. The van der Waals surface area contributed by atoms with Crippen molar-refractivity contribution in [2.75, 3.05) is 19.0 Å². The summed E-state index contributed by atoms with van der Waals surface area (Å²) >= 11 is 0. The molecule has 1 heterocycles. The molecule has 4 nitrogen and oxygen atoms in total. The first-order chi connectivity index (χ1) is 12.5. The molecule has 0 aliphatic heterocycles. The summed E-state index contributed by atoms with van der Waals surface area (Å²) in [7, 11) is 3.96. The van der Waals surface area contributed by atoms with Crippen molar-refractivity contribution < 1.29 is 13.6 Å². The van der Waals surface area contributed by atoms with Crippen LogP contribution in [0, 0.1) is 5.82 Å². The number of amides is 1. The lowest BCUT2D eigenvalue weighted by molar-refractivity contribution is 0.0717. The van der Waals surface area contributed by atoms with E-state index in [4.69, 9.17) is 4.42 Å². The van der Waals surface area contributed by atoms with Crippen LogP contribution in [0.2, 0.25) is 0 Å². The topological polar surface area (TPSA) is 36.7 Å². The molecule has 0 N–H and O–H groups in total. The lowest BCUT2D eigenvalue weighted by Crippen LogP contribution is -2.30. The zero-order chi connectivity index (χ0) is 18.5. The average molecular weight is 352 g/mol. The molecule has 0 aliphatic rings. The summed E-state index contributed by atoms with van der Waals surface area (Å²) in [6.07, 6.45) is 1.59. The predicted molar refractivity (Wildman–Crippen MR) is 99.5 cm³/mol. The van der Waals surface area contributed by atoms with Gasteiger partial charge >= 0.3 is 0 Å². The number of anilines is 1. The van der Waals surface area contributed by atoms with Crippen LogP contribution in [0.3, 0.4) is 0 Å². The molecule has 26 heavy (non-hydrogen) atoms. The summed E-state index contributed by atoms with van der Waals surface area (Å²) in [5, 5.41) is 0. The number of furan rings is 1. The largest absolute Gasteiger partial charge is 0.467 e. The molecule has 0 aliphatic carbocycles. The minimum Gasteiger partial charge on any atom is -0.467 e. The zero-order valence-electron chi connectivity index (χ0n) is 14.9. The number of carbonyl (C=O) groups excluding carboxylic acids is 1. The smallest absolute Gasteiger partial charge is 0.254 e. The van der Waals surface area contributed by atoms with Crippen LogP contribution < -0.4 is 4.90 Å². The first-order valence-electron chi connectivity index (χ1n) is 8.36. The molecule has 0 saturated carbocycles. The number of carbonyl (C=O) groups is 1. The van der Waals surface area contributed by atoms with E-state index in [0.29, 0.717) is 24.4 Å². The molecule has 0 saturated heterocycles. The van der Waals surface area contributed by atoms with Crippen LogP contribution in [0.1, 0.15) is 21.7 Å². The number of benzene rings is 2. The molecule has 0 atom stereocenters. The van der Waals surface area contributed by atoms with Crippen LogP contribution in [0.15, 0.2) is 71.3 Å². The maximum atomic E-state index is 13.2. The highest BCUT2D eigenvalue weighted by Gasteiger charge is 2.18. The first kappa shape index (κ1) is 17.7. The summed E-state index contributed by atoms with van der Waals surface area (Å²) in [6.45, 7) is 0.781. The van der Waals surface area contributed by atoms with Crippen LogP contribution in [-0.2, 0) is 13.1 Å². The maximum Gasteiger partial charge on any atom is 0.254 e. The molecule has 0 unspecified atom stereocenters. The SMILES string of the molecule is CN(C)c1ccc(CN(Cc2ccco2)C(=O)c2ccc(F)cc2)cc1. The van der Waals surface area contributed by atoms with E-state index in [0.717, 1.165) is 11.3 Å². The van der Waals surface area contributed by atoms with Gasteiger partial charge in [0.1, 0.15) is 11.6 Å². The highest BCUT2D eigenvalue weighted by Crippen LogP contribution is 2.18. The molecule has 2 aromatic carbocycles. The first-order valence-corrected chi connectivity index (χ1v) is 8.36. The lowest BCUT2D eigenvalue weighted by Gasteiger charge is -2.22. The number of hydrogen-bond acceptors (Lipinski definition) is 3. The third-order valence-electron chi connectivity index (χ3n) is 4.13. The molecule has 0 spiro atoms. The second kappa shape index (κ2) is 7.87. The monoisotopic (exact) mass is 352 g/mol. The second-order valence-electron chi connectivity index (χ2n) is 6.31. The third-order valence-corrected chi connectivity index (χ3v) is 4.13. The Morgan fingerprint density at radius 1 is 0.962 bits per heavy atom. The van der Waals surface area contributed by atoms with Crippen molar-refractivity contribution in [2.24, 2.45) is 0 Å². The summed E-state index contributed by atoms with van der Waals surface area (Å²) in [4.78, 5) is 16.6. The fourth-order valence-electron chi connectivity index (χ4n) is 2.69. The molecule has 3 rings (SSSR count). The van der Waals surface area contributed by atoms with E-state index in [9.17, 15) is 9.18 Å². The van der Waals surface area contributed by atoms with Crippen LogP contribution in [0.5, 0.6) is 0 Å². The molecule has 134 valence electrons. The van der Waals surface area contributed by atoms with Gasteiger partial charge in [0, 0.05) is 31.9 Å². The van der Waals surface area contributed by atoms with E-state index in [1.807, 2.05) is 49.3 Å². The van der Waals surface area contributed by atoms with Crippen LogP contribution >= 0.6 is 0 Å². The van der Waals surface area contributed by atoms with Crippen molar-refractivity contribution in [1.82, 2.24) is 4.90 Å². The molecular weight excluding hydrogens is 331 g/mol. The Balaban J connectivity index is 1.82. The summed E-state index contributed by atoms with van der Waals surface area (Å²) in [5.41, 5.74) is 2.55. The Kier molecular flexibility index (Phi) is 5.37. The van der Waals surface area contributed by atoms with Gasteiger partial charge in [-0.15, -0.1) is 0 Å². The number of rotatable bonds is 6. The second-order valence-corrected chi connectivity index (χ2v) is 6.31. The summed E-state index contributed by atoms with van der Waals surface area (Å²) < 4.78 is 18.6. The van der Waals surface area contributed by atoms with E-state index < -0.39 is 0 Å². The maximum absolute atomic E-state index is 13.2. The van der Waals surface area contributed by atoms with Crippen LogP contribution in [-0.4, -0.2) is 24.9 Å². The van der Waals surface area contributed by atoms with Crippen molar-refractivity contribution >= 4 is 11.6 Å². The van der Waals surface area contributed by atoms with E-state index in [2.05, 4.69) is 0 Å². The van der Waals surface area contributed by atoms with E-state index >= 15 is 0 Å². The molecule has 3 aromatic rings. The van der Waals surface area contributed by atoms with Gasteiger partial charge in [-0.25, -0.2) is 4.39 Å². The van der Waals surface area contributed by atoms with Gasteiger partial charge in [0.05, 0.1) is 12.8 Å². The van der Waals surface area contributed by atoms with Crippen molar-refractivity contribution in [3.63, 3.8) is 0 Å². The molecule has 5 heteroatoms. The van der Waals surface area contributed by atoms with Crippen LogP contribution in [0.25, 0.3) is 0 Å². The Labute approximate surface area is 152 Å². The minimum atomic E-state index is -0.363. The predicted octanol–water partition coefficient (Wildman–Crippen LogP) is 4.33. The van der Waals surface area contributed by atoms with E-state index in [-0.39, 0.29) is 11.7 Å². The molecule has 0 bridgehead atoms. The van der Waals surface area contributed by atoms with E-state index in [1.54, 1.807) is 17.2 Å². The Morgan fingerprint density at radius 2 is 1.65 bits per heavy atom. The standard InChI is InChI=1S/C21H21FN2O2/c1-23(2)19-11-5-16(6-12-19)14-24(15-20-4-3-13-26-20)21(25)17-7-9-18(22)10-8-17/h3-13H,14-15H2,1-2H3. The fraction of sp³-hybridized carbons (Fsp3) is 0.190. The average Bonchev–Trinajstić information content (AvgIpc) is 3.15. The van der Waals surface area contributed by atoms with Crippen LogP contribution in [0.4, 0.5) is 10.1 Å². The third kappa shape index (κ3) is 4.30. The summed E-state index contributed by atoms with van der Waals surface area (Å²) in [6, 6.07) is 17.3. The van der Waals surface area contributed by atoms with Gasteiger partial charge in [-0.05, 0) is 54.1 Å². The quantitative estimate of drug-likeness (QED) is 0.663. The van der Waals surface area contributed by atoms with Crippen molar-refractivity contribution in [3.05, 3.63) is 89.6 Å². The molecule has 1 amide bonds. The van der Waals surface area contributed by atoms with Gasteiger partial charge < -0.3 is 14.2 Å². The van der Waals surface area contributed by atoms with Gasteiger partial charge in [0.2, 0.25) is 0 Å². The lowest BCUT2D eigenvalue weighted by atomic mass is 10.1. The highest BCUT2D eigenvalue weighted by molar-refractivity contribution is 5.94. The fourth-order valence-corrected chi connectivity index (χ4v) is 2.69. The van der Waals surface area contributed by atoms with E-state index in [1.165, 1.54) is 24.3 Å². The number of halogens is 1. The number of nitrogens with zero attached hydrogens (tertiary/aromatic N) is 2. The van der Waals surface area contributed by atoms with Crippen molar-refractivity contribution in [2.45, 2.75) is 13.1 Å². The Morgan fingerprint density at radius 3 is 2.23 bits per heavy atom. The highest BCUT2D eigenvalue weighted by atomic mass is 19.1. The van der Waals surface area contributed by atoms with Gasteiger partial charge in [-0.1, -0.05) is 12.1 Å². The van der Waals surface area contributed by atoms with Crippen molar-refractivity contribution in [3.8, 4) is 0 Å². The Hall–Kier alpha value is -3.08. The van der Waals surface area contributed by atoms with Gasteiger partial charge in [0.25, 0.3) is 5.91 Å². The molecular formula is C21H21FN2O2. The van der Waals surface area contributed by atoms with Gasteiger partial charge in [-0.2, -0.15) is 0 Å². The zero-order valence-corrected chi connectivity index (χ0v) is 14.9. The normalized spacial score (nSPS) is 10.6. The summed E-state index contributed by atoms with van der Waals surface area (Å²) in [5.74, 6) is 0.168.